The largest absolute Gasteiger partial charge is 0.349 e. The summed E-state index contributed by atoms with van der Waals surface area (Å²) in [4.78, 5) is 17.2. The summed E-state index contributed by atoms with van der Waals surface area (Å²) in [6, 6.07) is 3.84. The van der Waals surface area contributed by atoms with E-state index < -0.39 is 0 Å². The van der Waals surface area contributed by atoms with Crippen LogP contribution in [-0.2, 0) is 13.5 Å². The SMILES string of the molecule is Cc1cc(CC(C)NC(=O)c2cc3c(C)nn(C)c3nc2C)n[nH]1. The number of H-pyrrole nitrogens is 1. The van der Waals surface area contributed by atoms with Gasteiger partial charge in [0.05, 0.1) is 22.6 Å². The number of carbonyl (C=O) groups excluding carboxylic acids is 1. The number of aryl methyl sites for hydroxylation is 4. The van der Waals surface area contributed by atoms with Gasteiger partial charge in [-0.2, -0.15) is 10.2 Å². The number of pyridine rings is 1. The van der Waals surface area contributed by atoms with Crippen LogP contribution in [0.15, 0.2) is 12.1 Å². The van der Waals surface area contributed by atoms with Crippen LogP contribution in [0.1, 0.15) is 40.1 Å². The summed E-state index contributed by atoms with van der Waals surface area (Å²) in [7, 11) is 1.86. The Kier molecular flexibility index (Phi) is 4.09. The van der Waals surface area contributed by atoms with E-state index in [-0.39, 0.29) is 11.9 Å². The van der Waals surface area contributed by atoms with Crippen molar-refractivity contribution in [2.75, 3.05) is 0 Å². The van der Waals surface area contributed by atoms with Gasteiger partial charge in [-0.25, -0.2) is 4.98 Å². The number of hydrogen-bond acceptors (Lipinski definition) is 4. The van der Waals surface area contributed by atoms with E-state index in [1.807, 2.05) is 46.9 Å². The molecule has 1 amide bonds. The molecular weight excluding hydrogens is 304 g/mol. The molecule has 3 heterocycles. The fraction of sp³-hybridized carbons (Fsp3) is 0.412. The molecule has 24 heavy (non-hydrogen) atoms. The van der Waals surface area contributed by atoms with E-state index in [4.69, 9.17) is 0 Å². The Morgan fingerprint density at radius 1 is 1.29 bits per heavy atom. The molecule has 0 aliphatic heterocycles. The van der Waals surface area contributed by atoms with Gasteiger partial charge in [0.1, 0.15) is 0 Å². The van der Waals surface area contributed by atoms with Crippen LogP contribution in [0.3, 0.4) is 0 Å². The molecule has 0 bridgehead atoms. The normalized spacial score (nSPS) is 12.5. The quantitative estimate of drug-likeness (QED) is 0.767. The van der Waals surface area contributed by atoms with Crippen molar-refractivity contribution in [2.45, 2.75) is 40.2 Å². The Labute approximate surface area is 140 Å². The third-order valence-electron chi connectivity index (χ3n) is 4.09. The van der Waals surface area contributed by atoms with Crippen molar-refractivity contribution < 1.29 is 4.79 Å². The summed E-state index contributed by atoms with van der Waals surface area (Å²) in [6.07, 6.45) is 0.677. The number of fused-ring (bicyclic) bond motifs is 1. The van der Waals surface area contributed by atoms with Gasteiger partial charge in [0.15, 0.2) is 5.65 Å². The summed E-state index contributed by atoms with van der Waals surface area (Å²) in [5.74, 6) is -0.120. The lowest BCUT2D eigenvalue weighted by Crippen LogP contribution is -2.34. The van der Waals surface area contributed by atoms with Crippen molar-refractivity contribution in [3.8, 4) is 0 Å². The molecule has 0 saturated carbocycles. The summed E-state index contributed by atoms with van der Waals surface area (Å²) in [6.45, 7) is 7.70. The topological polar surface area (TPSA) is 88.5 Å². The monoisotopic (exact) mass is 326 g/mol. The van der Waals surface area contributed by atoms with Crippen LogP contribution in [0.4, 0.5) is 0 Å². The van der Waals surface area contributed by atoms with E-state index in [1.165, 1.54) is 0 Å². The van der Waals surface area contributed by atoms with Crippen LogP contribution < -0.4 is 5.32 Å². The molecule has 0 saturated heterocycles. The van der Waals surface area contributed by atoms with Gasteiger partial charge >= 0.3 is 0 Å². The van der Waals surface area contributed by atoms with E-state index in [2.05, 4.69) is 25.6 Å². The van der Waals surface area contributed by atoms with E-state index in [9.17, 15) is 4.79 Å². The highest BCUT2D eigenvalue weighted by molar-refractivity contribution is 5.98. The third kappa shape index (κ3) is 3.02. The molecule has 3 aromatic heterocycles. The van der Waals surface area contributed by atoms with Crippen LogP contribution in [0.5, 0.6) is 0 Å². The number of rotatable bonds is 4. The van der Waals surface area contributed by atoms with Crippen LogP contribution in [0.2, 0.25) is 0 Å². The predicted octanol–water partition coefficient (Wildman–Crippen LogP) is 1.98. The smallest absolute Gasteiger partial charge is 0.253 e. The first-order chi connectivity index (χ1) is 11.3. The molecule has 7 heteroatoms. The van der Waals surface area contributed by atoms with Crippen LogP contribution in [0, 0.1) is 20.8 Å². The highest BCUT2D eigenvalue weighted by atomic mass is 16.1. The number of hydrogen-bond donors (Lipinski definition) is 2. The second-order valence-electron chi connectivity index (χ2n) is 6.32. The molecule has 0 spiro atoms. The van der Waals surface area contributed by atoms with Gasteiger partial charge in [-0.15, -0.1) is 0 Å². The van der Waals surface area contributed by atoms with Crippen LogP contribution in [0.25, 0.3) is 11.0 Å². The lowest BCUT2D eigenvalue weighted by Gasteiger charge is -2.13. The Hall–Kier alpha value is -2.70. The zero-order valence-electron chi connectivity index (χ0n) is 14.6. The molecule has 1 atom stereocenters. The van der Waals surface area contributed by atoms with E-state index >= 15 is 0 Å². The molecule has 0 aliphatic rings. The van der Waals surface area contributed by atoms with Crippen molar-refractivity contribution in [1.82, 2.24) is 30.3 Å². The number of amides is 1. The third-order valence-corrected chi connectivity index (χ3v) is 4.09. The van der Waals surface area contributed by atoms with Crippen molar-refractivity contribution >= 4 is 16.9 Å². The summed E-state index contributed by atoms with van der Waals surface area (Å²) < 4.78 is 1.74. The first kappa shape index (κ1) is 16.2. The number of nitrogens with zero attached hydrogens (tertiary/aromatic N) is 4. The lowest BCUT2D eigenvalue weighted by molar-refractivity contribution is 0.0939. The molecule has 0 fully saturated rings. The van der Waals surface area contributed by atoms with Gasteiger partial charge in [-0.1, -0.05) is 0 Å². The van der Waals surface area contributed by atoms with Gasteiger partial charge in [-0.05, 0) is 39.8 Å². The Morgan fingerprint density at radius 3 is 2.71 bits per heavy atom. The molecule has 126 valence electrons. The van der Waals surface area contributed by atoms with Gasteiger partial charge in [-0.3, -0.25) is 14.6 Å². The Bertz CT molecular complexity index is 907. The average Bonchev–Trinajstić information content (AvgIpc) is 3.02. The maximum Gasteiger partial charge on any atom is 0.253 e. The fourth-order valence-electron chi connectivity index (χ4n) is 2.91. The van der Waals surface area contributed by atoms with Gasteiger partial charge in [0, 0.05) is 30.6 Å². The first-order valence-electron chi connectivity index (χ1n) is 7.98. The number of nitrogens with one attached hydrogen (secondary N) is 2. The lowest BCUT2D eigenvalue weighted by atomic mass is 10.1. The second kappa shape index (κ2) is 6.07. The van der Waals surface area contributed by atoms with Crippen LogP contribution in [-0.4, -0.2) is 36.9 Å². The zero-order valence-corrected chi connectivity index (χ0v) is 14.6. The van der Waals surface area contributed by atoms with E-state index in [0.29, 0.717) is 17.7 Å². The van der Waals surface area contributed by atoms with Crippen molar-refractivity contribution in [3.63, 3.8) is 0 Å². The highest BCUT2D eigenvalue weighted by Gasteiger charge is 2.17. The number of carbonyl (C=O) groups is 1. The highest BCUT2D eigenvalue weighted by Crippen LogP contribution is 2.19. The fourth-order valence-corrected chi connectivity index (χ4v) is 2.91. The Balaban J connectivity index is 1.80. The van der Waals surface area contributed by atoms with Crippen LogP contribution >= 0.6 is 0 Å². The standard InChI is InChI=1S/C17H22N6O/c1-9(6-13-7-10(2)20-21-13)18-17(24)15-8-14-12(4)22-23(5)16(14)19-11(15)3/h7-9H,6H2,1-5H3,(H,18,24)(H,20,21). The number of aromatic nitrogens is 5. The summed E-state index contributed by atoms with van der Waals surface area (Å²) in [5.41, 5.74) is 4.90. The minimum absolute atomic E-state index is 0.0229. The molecule has 0 radical (unpaired) electrons. The number of aromatic amines is 1. The molecule has 0 aliphatic carbocycles. The predicted molar refractivity (Wildman–Crippen MR) is 91.9 cm³/mol. The van der Waals surface area contributed by atoms with Gasteiger partial charge in [0.25, 0.3) is 5.91 Å². The molecule has 0 aromatic carbocycles. The summed E-state index contributed by atoms with van der Waals surface area (Å²) >= 11 is 0. The average molecular weight is 326 g/mol. The first-order valence-corrected chi connectivity index (χ1v) is 7.98. The molecular formula is C17H22N6O. The minimum Gasteiger partial charge on any atom is -0.349 e. The molecule has 7 nitrogen and oxygen atoms in total. The molecule has 1 unspecified atom stereocenters. The van der Waals surface area contributed by atoms with E-state index in [0.717, 1.165) is 28.1 Å². The molecule has 3 aromatic rings. The van der Waals surface area contributed by atoms with Gasteiger partial charge < -0.3 is 5.32 Å². The maximum atomic E-state index is 12.6. The van der Waals surface area contributed by atoms with Gasteiger partial charge in [0.2, 0.25) is 0 Å². The molecule has 2 N–H and O–H groups in total. The minimum atomic E-state index is -0.120. The molecule has 3 rings (SSSR count). The van der Waals surface area contributed by atoms with Crippen molar-refractivity contribution in [3.05, 3.63) is 40.5 Å². The zero-order chi connectivity index (χ0) is 17.4. The van der Waals surface area contributed by atoms with Crippen molar-refractivity contribution in [1.29, 1.82) is 0 Å². The van der Waals surface area contributed by atoms with E-state index in [1.54, 1.807) is 4.68 Å². The van der Waals surface area contributed by atoms with Crippen molar-refractivity contribution in [2.24, 2.45) is 7.05 Å². The second-order valence-corrected chi connectivity index (χ2v) is 6.32. The Morgan fingerprint density at radius 2 is 2.04 bits per heavy atom. The summed E-state index contributed by atoms with van der Waals surface area (Å²) in [5, 5.41) is 15.4. The maximum absolute atomic E-state index is 12.6.